The van der Waals surface area contributed by atoms with Crippen LogP contribution in [0.4, 0.5) is 0 Å². The van der Waals surface area contributed by atoms with E-state index in [4.69, 9.17) is 14.6 Å². The average molecular weight is 249 g/mol. The molecule has 0 spiro atoms. The second kappa shape index (κ2) is 4.17. The van der Waals surface area contributed by atoms with Gasteiger partial charge >= 0.3 is 5.97 Å². The Labute approximate surface area is 102 Å². The summed E-state index contributed by atoms with van der Waals surface area (Å²) in [5, 5.41) is 16.6. The van der Waals surface area contributed by atoms with E-state index >= 15 is 0 Å². The summed E-state index contributed by atoms with van der Waals surface area (Å²) in [7, 11) is 0. The number of hydrogen-bond donors (Lipinski definition) is 1. The summed E-state index contributed by atoms with van der Waals surface area (Å²) >= 11 is 0. The van der Waals surface area contributed by atoms with Crippen LogP contribution >= 0.6 is 0 Å². The SMILES string of the molecule is O=C(O)CCn1nnc2cc3c(cc21)OCCO3. The third-order valence-electron chi connectivity index (χ3n) is 2.72. The minimum absolute atomic E-state index is 0.00685. The van der Waals surface area contributed by atoms with Crippen molar-refractivity contribution in [1.82, 2.24) is 15.0 Å². The van der Waals surface area contributed by atoms with E-state index < -0.39 is 5.97 Å². The summed E-state index contributed by atoms with van der Waals surface area (Å²) in [6, 6.07) is 3.54. The zero-order valence-corrected chi connectivity index (χ0v) is 9.50. The van der Waals surface area contributed by atoms with Crippen molar-refractivity contribution in [3.8, 4) is 11.5 Å². The van der Waals surface area contributed by atoms with Crippen LogP contribution in [0.25, 0.3) is 11.0 Å². The zero-order valence-electron chi connectivity index (χ0n) is 9.50. The lowest BCUT2D eigenvalue weighted by Crippen LogP contribution is -2.15. The van der Waals surface area contributed by atoms with E-state index in [0.29, 0.717) is 30.2 Å². The molecule has 1 aliphatic heterocycles. The van der Waals surface area contributed by atoms with E-state index in [1.807, 2.05) is 0 Å². The number of benzene rings is 1. The lowest BCUT2D eigenvalue weighted by molar-refractivity contribution is -0.137. The second-order valence-corrected chi connectivity index (χ2v) is 3.94. The highest BCUT2D eigenvalue weighted by atomic mass is 16.6. The Kier molecular flexibility index (Phi) is 2.51. The normalized spacial score (nSPS) is 13.8. The highest BCUT2D eigenvalue weighted by molar-refractivity contribution is 5.79. The van der Waals surface area contributed by atoms with Crippen LogP contribution in [-0.2, 0) is 11.3 Å². The fourth-order valence-electron chi connectivity index (χ4n) is 1.87. The lowest BCUT2D eigenvalue weighted by Gasteiger charge is -2.17. The Hall–Kier alpha value is -2.31. The Morgan fingerprint density at radius 2 is 2.06 bits per heavy atom. The van der Waals surface area contributed by atoms with Crippen LogP contribution in [0.3, 0.4) is 0 Å². The first kappa shape index (κ1) is 10.8. The lowest BCUT2D eigenvalue weighted by atomic mass is 10.2. The summed E-state index contributed by atoms with van der Waals surface area (Å²) in [6.07, 6.45) is 0.00685. The van der Waals surface area contributed by atoms with E-state index in [2.05, 4.69) is 10.3 Å². The summed E-state index contributed by atoms with van der Waals surface area (Å²) in [5.74, 6) is 0.433. The molecule has 1 aromatic heterocycles. The van der Waals surface area contributed by atoms with Gasteiger partial charge in [0.25, 0.3) is 0 Å². The largest absolute Gasteiger partial charge is 0.486 e. The van der Waals surface area contributed by atoms with Crippen LogP contribution < -0.4 is 9.47 Å². The maximum atomic E-state index is 10.6. The third kappa shape index (κ3) is 1.83. The first-order chi connectivity index (χ1) is 8.74. The fraction of sp³-hybridized carbons (Fsp3) is 0.364. The molecule has 1 aromatic carbocycles. The van der Waals surface area contributed by atoms with Crippen molar-refractivity contribution in [1.29, 1.82) is 0 Å². The Morgan fingerprint density at radius 3 is 2.78 bits per heavy atom. The molecule has 2 heterocycles. The molecule has 7 nitrogen and oxygen atoms in total. The average Bonchev–Trinajstić information content (AvgIpc) is 2.76. The van der Waals surface area contributed by atoms with Gasteiger partial charge in [-0.3, -0.25) is 4.79 Å². The number of ether oxygens (including phenoxy) is 2. The monoisotopic (exact) mass is 249 g/mol. The Morgan fingerprint density at radius 1 is 1.33 bits per heavy atom. The summed E-state index contributed by atoms with van der Waals surface area (Å²) in [4.78, 5) is 10.6. The molecular formula is C11H11N3O4. The van der Waals surface area contributed by atoms with Crippen molar-refractivity contribution in [2.24, 2.45) is 0 Å². The molecule has 0 fully saturated rings. The van der Waals surface area contributed by atoms with Gasteiger partial charge in [-0.15, -0.1) is 5.10 Å². The van der Waals surface area contributed by atoms with Crippen LogP contribution in [-0.4, -0.2) is 39.3 Å². The van der Waals surface area contributed by atoms with Gasteiger partial charge in [0.2, 0.25) is 0 Å². The molecule has 18 heavy (non-hydrogen) atoms. The molecule has 94 valence electrons. The standard InChI is InChI=1S/C11H11N3O4/c15-11(16)1-2-14-8-6-10-9(17-3-4-18-10)5-7(8)12-13-14/h5-6H,1-4H2,(H,15,16). The zero-order chi connectivity index (χ0) is 12.5. The number of aromatic nitrogens is 3. The van der Waals surface area contributed by atoms with Gasteiger partial charge in [0, 0.05) is 12.1 Å². The Balaban J connectivity index is 1.99. The highest BCUT2D eigenvalue weighted by Gasteiger charge is 2.16. The van der Waals surface area contributed by atoms with Gasteiger partial charge in [0.1, 0.15) is 18.7 Å². The number of fused-ring (bicyclic) bond motifs is 2. The molecule has 0 bridgehead atoms. The number of carbonyl (C=O) groups is 1. The van der Waals surface area contributed by atoms with Crippen LogP contribution in [0.1, 0.15) is 6.42 Å². The molecule has 3 rings (SSSR count). The molecule has 0 unspecified atom stereocenters. The minimum Gasteiger partial charge on any atom is -0.486 e. The summed E-state index contributed by atoms with van der Waals surface area (Å²) in [5.41, 5.74) is 1.42. The van der Waals surface area contributed by atoms with Gasteiger partial charge in [0.15, 0.2) is 11.5 Å². The molecule has 0 radical (unpaired) electrons. The van der Waals surface area contributed by atoms with Crippen molar-refractivity contribution in [2.45, 2.75) is 13.0 Å². The fourth-order valence-corrected chi connectivity index (χ4v) is 1.87. The van der Waals surface area contributed by atoms with Gasteiger partial charge in [-0.05, 0) is 0 Å². The number of carboxylic acid groups (broad SMARTS) is 1. The van der Waals surface area contributed by atoms with E-state index in [0.717, 1.165) is 5.52 Å². The number of rotatable bonds is 3. The van der Waals surface area contributed by atoms with Crippen LogP contribution in [0, 0.1) is 0 Å². The van der Waals surface area contributed by atoms with Crippen LogP contribution in [0.15, 0.2) is 12.1 Å². The Bertz CT molecular complexity index is 608. The van der Waals surface area contributed by atoms with Gasteiger partial charge < -0.3 is 14.6 Å². The topological polar surface area (TPSA) is 86.5 Å². The molecule has 0 atom stereocenters. The molecule has 0 aliphatic carbocycles. The first-order valence-electron chi connectivity index (χ1n) is 5.59. The van der Waals surface area contributed by atoms with E-state index in [1.165, 1.54) is 0 Å². The molecule has 0 saturated heterocycles. The van der Waals surface area contributed by atoms with E-state index in [9.17, 15) is 4.79 Å². The van der Waals surface area contributed by atoms with E-state index in [-0.39, 0.29) is 13.0 Å². The molecule has 1 aliphatic rings. The van der Waals surface area contributed by atoms with E-state index in [1.54, 1.807) is 16.8 Å². The number of hydrogen-bond acceptors (Lipinski definition) is 5. The second-order valence-electron chi connectivity index (χ2n) is 3.94. The predicted octanol–water partition coefficient (Wildman–Crippen LogP) is 0.677. The molecule has 1 N–H and O–H groups in total. The predicted molar refractivity (Wildman–Crippen MR) is 60.8 cm³/mol. The molecular weight excluding hydrogens is 238 g/mol. The number of aryl methyl sites for hydroxylation is 1. The summed E-state index contributed by atoms with van der Waals surface area (Å²) < 4.78 is 12.5. The molecule has 7 heteroatoms. The van der Waals surface area contributed by atoms with Crippen molar-refractivity contribution in [2.75, 3.05) is 13.2 Å². The van der Waals surface area contributed by atoms with Gasteiger partial charge in [0.05, 0.1) is 18.5 Å². The van der Waals surface area contributed by atoms with Gasteiger partial charge in [-0.1, -0.05) is 5.21 Å². The molecule has 0 saturated carbocycles. The first-order valence-corrected chi connectivity index (χ1v) is 5.59. The van der Waals surface area contributed by atoms with Gasteiger partial charge in [-0.25, -0.2) is 4.68 Å². The number of nitrogens with zero attached hydrogens (tertiary/aromatic N) is 3. The summed E-state index contributed by atoms with van der Waals surface area (Å²) in [6.45, 7) is 1.31. The van der Waals surface area contributed by atoms with Crippen molar-refractivity contribution >= 4 is 17.0 Å². The van der Waals surface area contributed by atoms with Crippen molar-refractivity contribution in [3.05, 3.63) is 12.1 Å². The number of carboxylic acids is 1. The van der Waals surface area contributed by atoms with Crippen LogP contribution in [0.2, 0.25) is 0 Å². The third-order valence-corrected chi connectivity index (χ3v) is 2.72. The van der Waals surface area contributed by atoms with Crippen molar-refractivity contribution < 1.29 is 19.4 Å². The maximum absolute atomic E-state index is 10.6. The smallest absolute Gasteiger partial charge is 0.305 e. The highest BCUT2D eigenvalue weighted by Crippen LogP contribution is 2.33. The molecule has 2 aromatic rings. The quantitative estimate of drug-likeness (QED) is 0.860. The van der Waals surface area contributed by atoms with Crippen molar-refractivity contribution in [3.63, 3.8) is 0 Å². The number of aliphatic carboxylic acids is 1. The molecule has 0 amide bonds. The van der Waals surface area contributed by atoms with Crippen LogP contribution in [0.5, 0.6) is 11.5 Å². The minimum atomic E-state index is -0.865. The maximum Gasteiger partial charge on any atom is 0.305 e. The van der Waals surface area contributed by atoms with Gasteiger partial charge in [-0.2, -0.15) is 0 Å².